The van der Waals surface area contributed by atoms with E-state index in [-0.39, 0.29) is 18.6 Å². The Kier molecular flexibility index (Phi) is 6.36. The third-order valence-electron chi connectivity index (χ3n) is 2.51. The molecule has 1 amide bonds. The van der Waals surface area contributed by atoms with Gasteiger partial charge in [-0.2, -0.15) is 0 Å². The minimum absolute atomic E-state index is 0.112. The molecule has 0 saturated heterocycles. The number of nitrogens with one attached hydrogen (secondary N) is 1. The van der Waals surface area contributed by atoms with E-state index in [9.17, 15) is 9.59 Å². The number of rotatable bonds is 6. The van der Waals surface area contributed by atoms with Crippen molar-refractivity contribution < 1.29 is 14.3 Å². The average molecular weight is 261 g/mol. The molecule has 0 fully saturated rings. The predicted molar refractivity (Wildman–Crippen MR) is 73.4 cm³/mol. The van der Waals surface area contributed by atoms with E-state index in [0.717, 1.165) is 12.0 Å². The number of hydrogen-bond donors (Lipinski definition) is 1. The molecule has 4 heteroatoms. The number of carbonyl (C=O) groups is 2. The minimum atomic E-state index is -0.496. The SMILES string of the molecule is CC/C=C/C(=O)OCC(=O)N[C@H](C)c1ccccc1. The number of benzene rings is 1. The number of carbonyl (C=O) groups excluding carboxylic acids is 2. The standard InChI is InChI=1S/C15H19NO3/c1-3-4-10-15(18)19-11-14(17)16-12(2)13-8-6-5-7-9-13/h4-10,12H,3,11H2,1-2H3,(H,16,17)/b10-4+/t12-/m1/s1. The van der Waals surface area contributed by atoms with Gasteiger partial charge in [0.05, 0.1) is 6.04 Å². The summed E-state index contributed by atoms with van der Waals surface area (Å²) >= 11 is 0. The van der Waals surface area contributed by atoms with E-state index in [1.165, 1.54) is 6.08 Å². The Morgan fingerprint density at radius 3 is 2.63 bits per heavy atom. The third kappa shape index (κ3) is 5.86. The zero-order valence-corrected chi connectivity index (χ0v) is 11.3. The van der Waals surface area contributed by atoms with Crippen molar-refractivity contribution in [3.63, 3.8) is 0 Å². The number of allylic oxidation sites excluding steroid dienone is 1. The van der Waals surface area contributed by atoms with Gasteiger partial charge >= 0.3 is 5.97 Å². The highest BCUT2D eigenvalue weighted by Crippen LogP contribution is 2.10. The lowest BCUT2D eigenvalue weighted by atomic mass is 10.1. The van der Waals surface area contributed by atoms with Crippen LogP contribution in [0.2, 0.25) is 0 Å². The van der Waals surface area contributed by atoms with Gasteiger partial charge in [0.15, 0.2) is 6.61 Å². The van der Waals surface area contributed by atoms with Gasteiger partial charge in [0.1, 0.15) is 0 Å². The van der Waals surface area contributed by atoms with Crippen molar-refractivity contribution in [3.8, 4) is 0 Å². The Hall–Kier alpha value is -2.10. The lowest BCUT2D eigenvalue weighted by Gasteiger charge is -2.13. The first-order chi connectivity index (χ1) is 9.13. The van der Waals surface area contributed by atoms with E-state index in [1.54, 1.807) is 6.08 Å². The number of esters is 1. The summed E-state index contributed by atoms with van der Waals surface area (Å²) in [6, 6.07) is 9.49. The largest absolute Gasteiger partial charge is 0.452 e. The second-order valence-electron chi connectivity index (χ2n) is 4.12. The zero-order valence-electron chi connectivity index (χ0n) is 11.3. The second kappa shape index (κ2) is 8.08. The summed E-state index contributed by atoms with van der Waals surface area (Å²) in [5, 5.41) is 2.77. The minimum Gasteiger partial charge on any atom is -0.452 e. The quantitative estimate of drug-likeness (QED) is 0.632. The molecule has 1 N–H and O–H groups in total. The number of hydrogen-bond acceptors (Lipinski definition) is 3. The summed E-state index contributed by atoms with van der Waals surface area (Å²) in [6.45, 7) is 3.54. The van der Waals surface area contributed by atoms with Crippen molar-refractivity contribution in [1.82, 2.24) is 5.32 Å². The molecule has 0 aliphatic carbocycles. The molecule has 0 aliphatic heterocycles. The summed E-state index contributed by atoms with van der Waals surface area (Å²) in [5.74, 6) is -0.807. The van der Waals surface area contributed by atoms with Crippen molar-refractivity contribution in [2.45, 2.75) is 26.3 Å². The number of amides is 1. The first kappa shape index (κ1) is 15.0. The van der Waals surface area contributed by atoms with Gasteiger partial charge < -0.3 is 10.1 Å². The van der Waals surface area contributed by atoms with E-state index in [0.29, 0.717) is 0 Å². The molecule has 19 heavy (non-hydrogen) atoms. The van der Waals surface area contributed by atoms with Crippen molar-refractivity contribution in [3.05, 3.63) is 48.0 Å². The van der Waals surface area contributed by atoms with Crippen LogP contribution in [0.15, 0.2) is 42.5 Å². The van der Waals surface area contributed by atoms with Crippen LogP contribution in [-0.2, 0) is 14.3 Å². The molecule has 1 rings (SSSR count). The molecule has 4 nitrogen and oxygen atoms in total. The summed E-state index contributed by atoms with van der Waals surface area (Å²) in [5.41, 5.74) is 1.01. The molecule has 0 aromatic heterocycles. The Morgan fingerprint density at radius 1 is 1.32 bits per heavy atom. The van der Waals surface area contributed by atoms with Crippen LogP contribution in [0.3, 0.4) is 0 Å². The van der Waals surface area contributed by atoms with Crippen molar-refractivity contribution in [2.75, 3.05) is 6.61 Å². The molecule has 0 heterocycles. The molecule has 0 spiro atoms. The van der Waals surface area contributed by atoms with Crippen molar-refractivity contribution >= 4 is 11.9 Å². The molecular formula is C15H19NO3. The van der Waals surface area contributed by atoms with Crippen LogP contribution in [0.25, 0.3) is 0 Å². The molecule has 0 unspecified atom stereocenters. The topological polar surface area (TPSA) is 55.4 Å². The Balaban J connectivity index is 2.35. The molecule has 1 aromatic rings. The van der Waals surface area contributed by atoms with Gasteiger partial charge in [-0.3, -0.25) is 4.79 Å². The first-order valence-corrected chi connectivity index (χ1v) is 6.31. The van der Waals surface area contributed by atoms with Gasteiger partial charge in [0, 0.05) is 6.08 Å². The fraction of sp³-hybridized carbons (Fsp3) is 0.333. The molecular weight excluding hydrogens is 242 g/mol. The van der Waals surface area contributed by atoms with Gasteiger partial charge in [-0.1, -0.05) is 43.3 Å². The first-order valence-electron chi connectivity index (χ1n) is 6.31. The molecule has 1 aromatic carbocycles. The molecule has 0 radical (unpaired) electrons. The molecule has 0 saturated carbocycles. The lowest BCUT2D eigenvalue weighted by molar-refractivity contribution is -0.144. The summed E-state index contributed by atoms with van der Waals surface area (Å²) in [4.78, 5) is 22.8. The highest BCUT2D eigenvalue weighted by atomic mass is 16.5. The Morgan fingerprint density at radius 2 is 2.00 bits per heavy atom. The zero-order chi connectivity index (χ0) is 14.1. The van der Waals surface area contributed by atoms with E-state index >= 15 is 0 Å². The summed E-state index contributed by atoms with van der Waals surface area (Å²) < 4.78 is 4.80. The van der Waals surface area contributed by atoms with Crippen LogP contribution >= 0.6 is 0 Å². The average Bonchev–Trinajstić information content (AvgIpc) is 2.43. The van der Waals surface area contributed by atoms with Crippen LogP contribution in [0.1, 0.15) is 31.9 Å². The van der Waals surface area contributed by atoms with Gasteiger partial charge in [-0.15, -0.1) is 0 Å². The molecule has 0 bridgehead atoms. The predicted octanol–water partition coefficient (Wildman–Crippen LogP) is 2.37. The highest BCUT2D eigenvalue weighted by Gasteiger charge is 2.10. The monoisotopic (exact) mass is 261 g/mol. The van der Waals surface area contributed by atoms with Gasteiger partial charge in [0.25, 0.3) is 5.91 Å². The lowest BCUT2D eigenvalue weighted by Crippen LogP contribution is -2.30. The fourth-order valence-electron chi connectivity index (χ4n) is 1.51. The van der Waals surface area contributed by atoms with Crippen LogP contribution in [-0.4, -0.2) is 18.5 Å². The van der Waals surface area contributed by atoms with Crippen LogP contribution in [0, 0.1) is 0 Å². The Labute approximate surface area is 113 Å². The Bertz CT molecular complexity index is 440. The summed E-state index contributed by atoms with van der Waals surface area (Å²) in [7, 11) is 0. The van der Waals surface area contributed by atoms with Crippen molar-refractivity contribution in [2.24, 2.45) is 0 Å². The van der Waals surface area contributed by atoms with Gasteiger partial charge in [-0.25, -0.2) is 4.79 Å². The number of ether oxygens (including phenoxy) is 1. The highest BCUT2D eigenvalue weighted by molar-refractivity contribution is 5.85. The van der Waals surface area contributed by atoms with Gasteiger partial charge in [0.2, 0.25) is 0 Å². The normalized spacial score (nSPS) is 12.1. The van der Waals surface area contributed by atoms with E-state index < -0.39 is 5.97 Å². The second-order valence-corrected chi connectivity index (χ2v) is 4.12. The molecule has 1 atom stereocenters. The van der Waals surface area contributed by atoms with E-state index in [2.05, 4.69) is 5.32 Å². The molecule has 0 aliphatic rings. The van der Waals surface area contributed by atoms with Crippen LogP contribution < -0.4 is 5.32 Å². The van der Waals surface area contributed by atoms with Crippen LogP contribution in [0.4, 0.5) is 0 Å². The van der Waals surface area contributed by atoms with E-state index in [1.807, 2.05) is 44.2 Å². The van der Waals surface area contributed by atoms with Gasteiger partial charge in [-0.05, 0) is 18.9 Å². The summed E-state index contributed by atoms with van der Waals surface area (Å²) in [6.07, 6.45) is 3.77. The third-order valence-corrected chi connectivity index (χ3v) is 2.51. The van der Waals surface area contributed by atoms with Crippen LogP contribution in [0.5, 0.6) is 0 Å². The smallest absolute Gasteiger partial charge is 0.330 e. The fourth-order valence-corrected chi connectivity index (χ4v) is 1.51. The molecule has 102 valence electrons. The maximum Gasteiger partial charge on any atom is 0.330 e. The van der Waals surface area contributed by atoms with E-state index in [4.69, 9.17) is 4.74 Å². The maximum atomic E-state index is 11.6. The van der Waals surface area contributed by atoms with Crippen molar-refractivity contribution in [1.29, 1.82) is 0 Å². The maximum absolute atomic E-state index is 11.6.